The molecule has 6 nitrogen and oxygen atoms in total. The Kier molecular flexibility index (Phi) is 6.67. The number of carbonyl (C=O) groups excluding carboxylic acids is 1. The molecule has 0 aliphatic carbocycles. The molecule has 1 amide bonds. The summed E-state index contributed by atoms with van der Waals surface area (Å²) in [6.45, 7) is 0. The van der Waals surface area contributed by atoms with Crippen LogP contribution in [0.4, 0.5) is 0 Å². The number of aromatic nitrogens is 1. The van der Waals surface area contributed by atoms with Crippen LogP contribution in [0.25, 0.3) is 10.2 Å². The maximum absolute atomic E-state index is 11.9. The van der Waals surface area contributed by atoms with Gasteiger partial charge in [-0.25, -0.2) is 10.4 Å². The van der Waals surface area contributed by atoms with Crippen LogP contribution in [-0.4, -0.2) is 37.1 Å². The van der Waals surface area contributed by atoms with Crippen molar-refractivity contribution in [2.75, 3.05) is 20.0 Å². The van der Waals surface area contributed by atoms with Crippen molar-refractivity contribution in [3.63, 3.8) is 0 Å². The van der Waals surface area contributed by atoms with E-state index in [1.165, 1.54) is 0 Å². The van der Waals surface area contributed by atoms with Crippen molar-refractivity contribution in [1.82, 2.24) is 10.4 Å². The molecule has 0 spiro atoms. The molecule has 3 rings (SSSR count). The zero-order valence-electron chi connectivity index (χ0n) is 15.0. The molecule has 0 aliphatic heterocycles. The van der Waals surface area contributed by atoms with E-state index in [4.69, 9.17) is 9.47 Å². The zero-order chi connectivity index (χ0) is 19.1. The molecule has 0 unspecified atom stereocenters. The van der Waals surface area contributed by atoms with Gasteiger partial charge in [0.1, 0.15) is 0 Å². The van der Waals surface area contributed by atoms with Crippen LogP contribution in [0, 0.1) is 0 Å². The Labute approximate surface area is 165 Å². The molecular weight excluding hydrogens is 382 g/mol. The summed E-state index contributed by atoms with van der Waals surface area (Å²) < 4.78 is 12.6. The van der Waals surface area contributed by atoms with Crippen molar-refractivity contribution in [3.8, 4) is 11.5 Å². The Morgan fingerprint density at radius 3 is 2.81 bits per heavy atom. The van der Waals surface area contributed by atoms with Gasteiger partial charge in [0.05, 0.1) is 30.7 Å². The number of hydrazone groups is 1. The third-order valence-electron chi connectivity index (χ3n) is 3.64. The van der Waals surface area contributed by atoms with E-state index in [1.807, 2.05) is 30.3 Å². The van der Waals surface area contributed by atoms with Gasteiger partial charge in [0.15, 0.2) is 15.8 Å². The minimum atomic E-state index is -0.139. The molecule has 3 aromatic rings. The lowest BCUT2D eigenvalue weighted by atomic mass is 10.2. The van der Waals surface area contributed by atoms with E-state index in [1.54, 1.807) is 55.7 Å². The molecule has 8 heteroatoms. The SMILES string of the molecule is COc1ccc(C=NNC(=O)CCSc2nc3ccccc3s2)cc1OC. The molecule has 0 saturated heterocycles. The third-order valence-corrected chi connectivity index (χ3v) is 5.82. The van der Waals surface area contributed by atoms with Crippen molar-refractivity contribution >= 4 is 45.4 Å². The second kappa shape index (κ2) is 9.38. The quantitative estimate of drug-likeness (QED) is 0.352. The second-order valence-corrected chi connectivity index (χ2v) is 7.83. The number of para-hydroxylation sites is 1. The Morgan fingerprint density at radius 2 is 2.04 bits per heavy atom. The van der Waals surface area contributed by atoms with Gasteiger partial charge in [-0.2, -0.15) is 5.10 Å². The van der Waals surface area contributed by atoms with Gasteiger partial charge in [-0.1, -0.05) is 23.9 Å². The van der Waals surface area contributed by atoms with Gasteiger partial charge in [0, 0.05) is 12.2 Å². The fourth-order valence-electron chi connectivity index (χ4n) is 2.31. The lowest BCUT2D eigenvalue weighted by Gasteiger charge is -2.07. The molecule has 1 N–H and O–H groups in total. The number of hydrogen-bond donors (Lipinski definition) is 1. The van der Waals surface area contributed by atoms with Crippen LogP contribution < -0.4 is 14.9 Å². The number of nitrogens with one attached hydrogen (secondary N) is 1. The maximum atomic E-state index is 11.9. The third kappa shape index (κ3) is 5.21. The number of thiazole rings is 1. The maximum Gasteiger partial charge on any atom is 0.240 e. The summed E-state index contributed by atoms with van der Waals surface area (Å²) in [5.41, 5.74) is 4.34. The lowest BCUT2D eigenvalue weighted by molar-refractivity contribution is -0.120. The molecule has 1 aromatic heterocycles. The van der Waals surface area contributed by atoms with Crippen LogP contribution in [0.3, 0.4) is 0 Å². The summed E-state index contributed by atoms with van der Waals surface area (Å²) in [4.78, 5) is 16.5. The van der Waals surface area contributed by atoms with Gasteiger partial charge in [-0.3, -0.25) is 4.79 Å². The second-order valence-electron chi connectivity index (χ2n) is 5.45. The van der Waals surface area contributed by atoms with Crippen molar-refractivity contribution in [2.45, 2.75) is 10.8 Å². The smallest absolute Gasteiger partial charge is 0.240 e. The highest BCUT2D eigenvalue weighted by Crippen LogP contribution is 2.29. The fraction of sp³-hybridized carbons (Fsp3) is 0.211. The molecule has 1 heterocycles. The summed E-state index contributed by atoms with van der Waals surface area (Å²) in [7, 11) is 3.15. The Morgan fingerprint density at radius 1 is 1.22 bits per heavy atom. The number of thioether (sulfide) groups is 1. The summed E-state index contributed by atoms with van der Waals surface area (Å²) in [6.07, 6.45) is 1.93. The van der Waals surface area contributed by atoms with Gasteiger partial charge in [-0.05, 0) is 35.9 Å². The first-order valence-electron chi connectivity index (χ1n) is 8.22. The molecule has 27 heavy (non-hydrogen) atoms. The number of carbonyl (C=O) groups is 1. The van der Waals surface area contributed by atoms with E-state index in [2.05, 4.69) is 15.5 Å². The highest BCUT2D eigenvalue weighted by Gasteiger charge is 2.06. The molecule has 0 aliphatic rings. The minimum absolute atomic E-state index is 0.139. The average molecular weight is 402 g/mol. The number of amides is 1. The minimum Gasteiger partial charge on any atom is -0.493 e. The van der Waals surface area contributed by atoms with Crippen LogP contribution >= 0.6 is 23.1 Å². The van der Waals surface area contributed by atoms with E-state index >= 15 is 0 Å². The molecule has 0 saturated carbocycles. The molecule has 0 fully saturated rings. The Bertz CT molecular complexity index is 923. The fourth-order valence-corrected chi connectivity index (χ4v) is 4.39. The van der Waals surface area contributed by atoms with Crippen molar-refractivity contribution in [2.24, 2.45) is 5.10 Å². The average Bonchev–Trinajstić information content (AvgIpc) is 3.10. The van der Waals surface area contributed by atoms with E-state index in [0.717, 1.165) is 20.1 Å². The van der Waals surface area contributed by atoms with E-state index in [9.17, 15) is 4.79 Å². The number of rotatable bonds is 8. The highest BCUT2D eigenvalue weighted by molar-refractivity contribution is 8.01. The molecule has 140 valence electrons. The summed E-state index contributed by atoms with van der Waals surface area (Å²) in [6, 6.07) is 13.4. The number of nitrogens with zero attached hydrogens (tertiary/aromatic N) is 2. The number of hydrogen-bond acceptors (Lipinski definition) is 7. The molecule has 2 aromatic carbocycles. The molecule has 0 atom stereocenters. The van der Waals surface area contributed by atoms with Crippen molar-refractivity contribution in [1.29, 1.82) is 0 Å². The van der Waals surface area contributed by atoms with Crippen molar-refractivity contribution in [3.05, 3.63) is 48.0 Å². The summed E-state index contributed by atoms with van der Waals surface area (Å²) in [5.74, 6) is 1.77. The molecular formula is C19H19N3O3S2. The lowest BCUT2D eigenvalue weighted by Crippen LogP contribution is -2.17. The van der Waals surface area contributed by atoms with Gasteiger partial charge in [-0.15, -0.1) is 11.3 Å². The van der Waals surface area contributed by atoms with Crippen molar-refractivity contribution < 1.29 is 14.3 Å². The first kappa shape index (κ1) is 19.2. The molecule has 0 radical (unpaired) electrons. The molecule has 0 bridgehead atoms. The van der Waals surface area contributed by atoms with E-state index in [0.29, 0.717) is 23.7 Å². The Hall–Kier alpha value is -2.58. The first-order valence-corrected chi connectivity index (χ1v) is 10.0. The summed E-state index contributed by atoms with van der Waals surface area (Å²) in [5, 5.41) is 3.99. The first-order chi connectivity index (χ1) is 13.2. The summed E-state index contributed by atoms with van der Waals surface area (Å²) >= 11 is 3.22. The van der Waals surface area contributed by atoms with E-state index in [-0.39, 0.29) is 5.91 Å². The van der Waals surface area contributed by atoms with Crippen LogP contribution in [0.1, 0.15) is 12.0 Å². The van der Waals surface area contributed by atoms with Gasteiger partial charge < -0.3 is 9.47 Å². The topological polar surface area (TPSA) is 72.8 Å². The van der Waals surface area contributed by atoms with Gasteiger partial charge in [0.2, 0.25) is 5.91 Å². The van der Waals surface area contributed by atoms with Crippen LogP contribution in [0.2, 0.25) is 0 Å². The van der Waals surface area contributed by atoms with Gasteiger partial charge >= 0.3 is 0 Å². The number of methoxy groups -OCH3 is 2. The zero-order valence-corrected chi connectivity index (χ0v) is 16.6. The number of ether oxygens (including phenoxy) is 2. The highest BCUT2D eigenvalue weighted by atomic mass is 32.2. The number of benzene rings is 2. The van der Waals surface area contributed by atoms with Crippen LogP contribution in [0.5, 0.6) is 11.5 Å². The standard InChI is InChI=1S/C19H19N3O3S2/c1-24-15-8-7-13(11-16(15)25-2)12-20-22-18(23)9-10-26-19-21-14-5-3-4-6-17(14)27-19/h3-8,11-12H,9-10H2,1-2H3,(H,22,23). The Balaban J connectivity index is 1.46. The monoisotopic (exact) mass is 401 g/mol. The van der Waals surface area contributed by atoms with Crippen LogP contribution in [0.15, 0.2) is 51.9 Å². The largest absolute Gasteiger partial charge is 0.493 e. The predicted octanol–water partition coefficient (Wildman–Crippen LogP) is 3.95. The van der Waals surface area contributed by atoms with E-state index < -0.39 is 0 Å². The normalized spacial score (nSPS) is 11.0. The number of fused-ring (bicyclic) bond motifs is 1. The predicted molar refractivity (Wildman–Crippen MR) is 110 cm³/mol. The van der Waals surface area contributed by atoms with Crippen LogP contribution in [-0.2, 0) is 4.79 Å². The van der Waals surface area contributed by atoms with Gasteiger partial charge in [0.25, 0.3) is 0 Å².